The zero-order valence-corrected chi connectivity index (χ0v) is 19.8. The Morgan fingerprint density at radius 2 is 1.86 bits per heavy atom. The van der Waals surface area contributed by atoms with Crippen LogP contribution in [0.5, 0.6) is 0 Å². The second-order valence-corrected chi connectivity index (χ2v) is 8.51. The van der Waals surface area contributed by atoms with Crippen molar-refractivity contribution in [2.45, 2.75) is 52.0 Å². The minimum Gasteiger partial charge on any atom is -0.464 e. The van der Waals surface area contributed by atoms with Gasteiger partial charge in [-0.1, -0.05) is 12.1 Å². The number of hydrogen-bond donors (Lipinski definition) is 2. The maximum atomic E-state index is 12.7. The van der Waals surface area contributed by atoms with E-state index in [2.05, 4.69) is 10.6 Å². The second-order valence-electron chi connectivity index (χ2n) is 8.51. The summed E-state index contributed by atoms with van der Waals surface area (Å²) in [4.78, 5) is 49.9. The van der Waals surface area contributed by atoms with Gasteiger partial charge >= 0.3 is 18.0 Å². The number of ether oxygens (including phenoxy) is 2. The summed E-state index contributed by atoms with van der Waals surface area (Å²) in [5.74, 6) is -0.460. The first-order chi connectivity index (χ1) is 16.9. The minimum absolute atomic E-state index is 0.00358. The van der Waals surface area contributed by atoms with Gasteiger partial charge in [-0.05, 0) is 62.4 Å². The number of amides is 2. The molecule has 1 aliphatic carbocycles. The molecular weight excluding hydrogens is 452 g/mol. The lowest BCUT2D eigenvalue weighted by atomic mass is 10.0. The van der Waals surface area contributed by atoms with Gasteiger partial charge in [-0.25, -0.2) is 9.59 Å². The van der Waals surface area contributed by atoms with Gasteiger partial charge in [0.05, 0.1) is 24.3 Å². The number of furan rings is 1. The van der Waals surface area contributed by atoms with E-state index in [9.17, 15) is 19.2 Å². The van der Waals surface area contributed by atoms with E-state index in [1.165, 1.54) is 11.1 Å². The first-order valence-corrected chi connectivity index (χ1v) is 11.7. The summed E-state index contributed by atoms with van der Waals surface area (Å²) in [7, 11) is 0. The van der Waals surface area contributed by atoms with Crippen LogP contribution < -0.4 is 10.6 Å². The molecule has 0 saturated carbocycles. The maximum Gasteiger partial charge on any atom is 0.338 e. The zero-order valence-electron chi connectivity index (χ0n) is 19.8. The van der Waals surface area contributed by atoms with Crippen LogP contribution >= 0.6 is 0 Å². The van der Waals surface area contributed by atoms with E-state index in [1.54, 1.807) is 32.0 Å². The maximum absolute atomic E-state index is 12.7. The van der Waals surface area contributed by atoms with Gasteiger partial charge in [-0.3, -0.25) is 9.59 Å². The number of carbonyl (C=O) groups excluding carboxylic acids is 4. The molecule has 1 atom stereocenters. The normalized spacial score (nSPS) is 16.9. The van der Waals surface area contributed by atoms with E-state index < -0.39 is 24.0 Å². The SMILES string of the molecule is CCOC(=O)C1=C(COC(=O)CCC(=O)c2ccc3c(c2)CCC3)NC(=O)N[C@@H]1c1ccc(C)o1. The monoisotopic (exact) mass is 480 g/mol. The molecule has 35 heavy (non-hydrogen) atoms. The summed E-state index contributed by atoms with van der Waals surface area (Å²) in [6.07, 6.45) is 2.98. The topological polar surface area (TPSA) is 124 Å². The predicted octanol–water partition coefficient (Wildman–Crippen LogP) is 3.45. The summed E-state index contributed by atoms with van der Waals surface area (Å²) in [5, 5.41) is 5.17. The Morgan fingerprint density at radius 3 is 2.60 bits per heavy atom. The standard InChI is InChI=1S/C26H28N2O7/c1-3-33-25(31)23-19(27-26(32)28-24(23)21-11-7-15(2)35-21)14-34-22(30)12-10-20(29)18-9-8-16-5-4-6-17(16)13-18/h7-9,11,13,24H,3-6,10,12,14H2,1-2H3,(H2,27,28,32)/t24-/m1/s1. The number of hydrogen-bond acceptors (Lipinski definition) is 7. The van der Waals surface area contributed by atoms with E-state index in [-0.39, 0.29) is 43.1 Å². The second kappa shape index (κ2) is 10.6. The van der Waals surface area contributed by atoms with E-state index in [0.29, 0.717) is 17.1 Å². The molecule has 9 nitrogen and oxygen atoms in total. The molecule has 9 heteroatoms. The van der Waals surface area contributed by atoms with Gasteiger partial charge in [-0.2, -0.15) is 0 Å². The largest absolute Gasteiger partial charge is 0.464 e. The van der Waals surface area contributed by atoms with Gasteiger partial charge < -0.3 is 24.5 Å². The van der Waals surface area contributed by atoms with E-state index in [1.807, 2.05) is 12.1 Å². The van der Waals surface area contributed by atoms with Crippen molar-refractivity contribution < 1.29 is 33.1 Å². The number of fused-ring (bicyclic) bond motifs is 1. The molecule has 2 amide bonds. The molecule has 1 aromatic heterocycles. The quantitative estimate of drug-likeness (QED) is 0.416. The third-order valence-corrected chi connectivity index (χ3v) is 6.05. The molecule has 0 fully saturated rings. The summed E-state index contributed by atoms with van der Waals surface area (Å²) in [6, 6.07) is 7.58. The third-order valence-electron chi connectivity index (χ3n) is 6.05. The van der Waals surface area contributed by atoms with Crippen molar-refractivity contribution in [2.75, 3.05) is 13.2 Å². The molecule has 1 aliphatic heterocycles. The molecule has 2 aromatic rings. The fraction of sp³-hybridized carbons (Fsp3) is 0.385. The smallest absolute Gasteiger partial charge is 0.338 e. The van der Waals surface area contributed by atoms with Crippen molar-refractivity contribution in [3.63, 3.8) is 0 Å². The lowest BCUT2D eigenvalue weighted by Gasteiger charge is -2.27. The lowest BCUT2D eigenvalue weighted by molar-refractivity contribution is -0.143. The van der Waals surface area contributed by atoms with Crippen molar-refractivity contribution in [2.24, 2.45) is 0 Å². The summed E-state index contributed by atoms with van der Waals surface area (Å²) < 4.78 is 16.1. The number of urea groups is 1. The molecule has 0 saturated heterocycles. The molecule has 4 rings (SSSR count). The highest BCUT2D eigenvalue weighted by atomic mass is 16.5. The minimum atomic E-state index is -0.897. The van der Waals surface area contributed by atoms with Crippen LogP contribution in [0.4, 0.5) is 4.79 Å². The molecule has 0 unspecified atom stereocenters. The van der Waals surface area contributed by atoms with Crippen molar-refractivity contribution in [1.82, 2.24) is 10.6 Å². The highest BCUT2D eigenvalue weighted by Gasteiger charge is 2.36. The first kappa shape index (κ1) is 24.3. The number of Topliss-reactive ketones (excluding diaryl/α,β-unsaturated/α-hetero) is 1. The van der Waals surface area contributed by atoms with Crippen LogP contribution in [-0.4, -0.2) is 37.0 Å². The van der Waals surface area contributed by atoms with Crippen LogP contribution in [0.25, 0.3) is 0 Å². The summed E-state index contributed by atoms with van der Waals surface area (Å²) >= 11 is 0. The number of benzene rings is 1. The number of ketones is 1. The fourth-order valence-electron chi connectivity index (χ4n) is 4.33. The molecule has 2 aliphatic rings. The molecule has 0 radical (unpaired) electrons. The molecule has 0 bridgehead atoms. The highest BCUT2D eigenvalue weighted by Crippen LogP contribution is 2.29. The van der Waals surface area contributed by atoms with Gasteiger partial charge in [0.1, 0.15) is 24.2 Å². The molecule has 2 heterocycles. The van der Waals surface area contributed by atoms with Crippen LogP contribution in [0, 0.1) is 6.92 Å². The highest BCUT2D eigenvalue weighted by molar-refractivity contribution is 5.98. The predicted molar refractivity (Wildman–Crippen MR) is 125 cm³/mol. The molecule has 2 N–H and O–H groups in total. The number of aryl methyl sites for hydroxylation is 3. The number of esters is 2. The summed E-state index contributed by atoms with van der Waals surface area (Å²) in [5.41, 5.74) is 3.25. The van der Waals surface area contributed by atoms with E-state index >= 15 is 0 Å². The molecular formula is C26H28N2O7. The van der Waals surface area contributed by atoms with Crippen molar-refractivity contribution in [3.8, 4) is 0 Å². The van der Waals surface area contributed by atoms with Gasteiger partial charge in [0, 0.05) is 12.0 Å². The van der Waals surface area contributed by atoms with E-state index in [0.717, 1.165) is 19.3 Å². The Kier molecular flexibility index (Phi) is 7.33. The van der Waals surface area contributed by atoms with E-state index in [4.69, 9.17) is 13.9 Å². The van der Waals surface area contributed by atoms with Crippen molar-refractivity contribution in [3.05, 3.63) is 69.8 Å². The van der Waals surface area contributed by atoms with Gasteiger partial charge in [0.15, 0.2) is 5.78 Å². The average molecular weight is 481 g/mol. The Morgan fingerprint density at radius 1 is 1.06 bits per heavy atom. The number of carbonyl (C=O) groups is 4. The zero-order chi connectivity index (χ0) is 24.9. The van der Waals surface area contributed by atoms with Crippen molar-refractivity contribution in [1.29, 1.82) is 0 Å². The van der Waals surface area contributed by atoms with Gasteiger partial charge in [0.2, 0.25) is 0 Å². The number of nitrogens with one attached hydrogen (secondary N) is 2. The van der Waals surface area contributed by atoms with Crippen molar-refractivity contribution >= 4 is 23.8 Å². The van der Waals surface area contributed by atoms with Gasteiger partial charge in [0.25, 0.3) is 0 Å². The Balaban J connectivity index is 1.42. The molecule has 1 aromatic carbocycles. The van der Waals surface area contributed by atoms with Gasteiger partial charge in [-0.15, -0.1) is 0 Å². The van der Waals surface area contributed by atoms with Crippen LogP contribution in [0.15, 0.2) is 46.0 Å². The molecule has 184 valence electrons. The number of rotatable bonds is 9. The molecule has 0 spiro atoms. The average Bonchev–Trinajstić information content (AvgIpc) is 3.49. The van der Waals surface area contributed by atoms with Crippen LogP contribution in [-0.2, 0) is 31.9 Å². The lowest BCUT2D eigenvalue weighted by Crippen LogP contribution is -2.47. The third kappa shape index (κ3) is 5.62. The van der Waals surface area contributed by atoms with Crippen LogP contribution in [0.3, 0.4) is 0 Å². The summed E-state index contributed by atoms with van der Waals surface area (Å²) in [6.45, 7) is 3.17. The van der Waals surface area contributed by atoms with Crippen LogP contribution in [0.2, 0.25) is 0 Å². The Bertz CT molecular complexity index is 1190. The first-order valence-electron chi connectivity index (χ1n) is 11.7. The van der Waals surface area contributed by atoms with Crippen LogP contribution in [0.1, 0.15) is 65.2 Å². The fourth-order valence-corrected chi connectivity index (χ4v) is 4.33. The Hall–Kier alpha value is -3.88. The Labute approximate surface area is 202 Å².